The Hall–Kier alpha value is -4.24. The zero-order chi connectivity index (χ0) is 38.9. The van der Waals surface area contributed by atoms with E-state index in [1.165, 1.54) is 30.3 Å². The number of amides is 1. The number of thiophene rings is 1. The molecule has 3 saturated heterocycles. The van der Waals surface area contributed by atoms with Crippen molar-refractivity contribution in [2.75, 3.05) is 31.6 Å². The molecule has 51 heavy (non-hydrogen) atoms. The number of para-hydroxylation sites is 1. The first kappa shape index (κ1) is 32.7. The van der Waals surface area contributed by atoms with E-state index in [0.717, 1.165) is 66.7 Å². The number of anilines is 1. The van der Waals surface area contributed by atoms with Crippen molar-refractivity contribution in [3.63, 3.8) is 0 Å². The van der Waals surface area contributed by atoms with Crippen molar-refractivity contribution in [1.29, 1.82) is 0 Å². The summed E-state index contributed by atoms with van der Waals surface area (Å²) in [7, 11) is -3.09. The van der Waals surface area contributed by atoms with Gasteiger partial charge in [0.05, 0.1) is 23.4 Å². The Morgan fingerprint density at radius 1 is 1.14 bits per heavy atom. The molecule has 0 aliphatic carbocycles. The lowest BCUT2D eigenvalue weighted by Gasteiger charge is -2.44. The first-order valence-corrected chi connectivity index (χ1v) is 17.3. The molecule has 0 spiro atoms. The van der Waals surface area contributed by atoms with Crippen molar-refractivity contribution in [2.24, 2.45) is 5.92 Å². The van der Waals surface area contributed by atoms with E-state index in [0.29, 0.717) is 16.2 Å². The molecule has 4 aromatic rings. The molecule has 7 rings (SSSR count). The minimum atomic E-state index is -3.33. The fraction of sp³-hybridized carbons (Fsp3) is 0.343. The number of rotatable bonds is 12. The van der Waals surface area contributed by atoms with E-state index in [1.807, 2.05) is 0 Å². The second kappa shape index (κ2) is 15.6. The van der Waals surface area contributed by atoms with E-state index in [2.05, 4.69) is 9.64 Å². The third-order valence-electron chi connectivity index (χ3n) is 9.07. The highest BCUT2D eigenvalue weighted by molar-refractivity contribution is 7.14. The van der Waals surface area contributed by atoms with Crippen molar-refractivity contribution in [1.82, 2.24) is 4.90 Å². The zero-order valence-electron chi connectivity index (χ0n) is 29.6. The maximum atomic E-state index is 15.3. The van der Waals surface area contributed by atoms with Crippen molar-refractivity contribution in [3.8, 4) is 11.5 Å². The lowest BCUT2D eigenvalue weighted by molar-refractivity contribution is -0.605. The second-order valence-electron chi connectivity index (χ2n) is 12.1. The fourth-order valence-electron chi connectivity index (χ4n) is 6.63. The molecule has 10 nitrogen and oxygen atoms in total. The molecule has 270 valence electrons. The number of nitrogens with zero attached hydrogens (tertiary/aromatic N) is 3. The Labute approximate surface area is 309 Å². The van der Waals surface area contributed by atoms with Gasteiger partial charge in [-0.15, -0.1) is 11.3 Å². The molecule has 1 amide bonds. The molecule has 5 heterocycles. The smallest absolute Gasteiger partial charge is 0.415 e. The van der Waals surface area contributed by atoms with E-state index in [9.17, 15) is 28.7 Å². The third-order valence-corrected chi connectivity index (χ3v) is 10.8. The highest BCUT2D eigenvalue weighted by Gasteiger charge is 2.38. The number of carbonyl (C=O) groups is 2. The SMILES string of the molecule is [2H]C([2H])([2H])Oc1cc([C@H](Cc2c(Cl)c[n+]([O-])cc2Cl)c2cc(CN(C(=O)O[C@H]3CN4CCC3CC4)c3ccccc3F)sc2C(=O)O)ccc1OC(F)F. The summed E-state index contributed by atoms with van der Waals surface area (Å²) < 4.78 is 80.5. The third kappa shape index (κ3) is 8.14. The quantitative estimate of drug-likeness (QED) is 0.115. The predicted molar refractivity (Wildman–Crippen MR) is 184 cm³/mol. The van der Waals surface area contributed by atoms with E-state index in [-0.39, 0.29) is 56.2 Å². The number of pyridine rings is 1. The number of carbonyl (C=O) groups excluding carboxylic acids is 1. The van der Waals surface area contributed by atoms with Gasteiger partial charge < -0.3 is 24.5 Å². The first-order chi connectivity index (χ1) is 25.6. The lowest BCUT2D eigenvalue weighted by Crippen LogP contribution is -2.53. The highest BCUT2D eigenvalue weighted by Crippen LogP contribution is 2.42. The summed E-state index contributed by atoms with van der Waals surface area (Å²) in [5, 5.41) is 22.4. The molecule has 0 radical (unpaired) electrons. The molecule has 2 bridgehead atoms. The van der Waals surface area contributed by atoms with Crippen LogP contribution in [0, 0.1) is 16.9 Å². The van der Waals surface area contributed by atoms with Gasteiger partial charge in [0.1, 0.15) is 26.8 Å². The maximum absolute atomic E-state index is 15.3. The second-order valence-corrected chi connectivity index (χ2v) is 14.1. The van der Waals surface area contributed by atoms with Gasteiger partial charge >= 0.3 is 18.7 Å². The van der Waals surface area contributed by atoms with Gasteiger partial charge in [0.15, 0.2) is 23.9 Å². The van der Waals surface area contributed by atoms with Crippen molar-refractivity contribution in [3.05, 3.63) is 108 Å². The van der Waals surface area contributed by atoms with Crippen LogP contribution in [0.15, 0.2) is 60.9 Å². The number of fused-ring (bicyclic) bond motifs is 3. The number of halogens is 5. The summed E-state index contributed by atoms with van der Waals surface area (Å²) in [5.74, 6) is -4.18. The summed E-state index contributed by atoms with van der Waals surface area (Å²) in [6.45, 7) is -1.31. The number of methoxy groups -OCH3 is 1. The van der Waals surface area contributed by atoms with Crippen molar-refractivity contribution >= 4 is 52.3 Å². The van der Waals surface area contributed by atoms with Crippen molar-refractivity contribution in [2.45, 2.75) is 44.4 Å². The van der Waals surface area contributed by atoms with Gasteiger partial charge in [0.2, 0.25) is 0 Å². The molecule has 2 aromatic heterocycles. The van der Waals surface area contributed by atoms with Gasteiger partial charge in [-0.25, -0.2) is 14.0 Å². The molecule has 3 aliphatic heterocycles. The molecule has 16 heteroatoms. The number of aromatic carboxylic acids is 1. The van der Waals surface area contributed by atoms with Gasteiger partial charge in [0.25, 0.3) is 0 Å². The van der Waals surface area contributed by atoms with Crippen LogP contribution in [0.3, 0.4) is 0 Å². The van der Waals surface area contributed by atoms with Crippen LogP contribution >= 0.6 is 34.5 Å². The largest absolute Gasteiger partial charge is 0.619 e. The summed E-state index contributed by atoms with van der Waals surface area (Å²) in [6.07, 6.45) is 2.36. The van der Waals surface area contributed by atoms with E-state index in [1.54, 1.807) is 6.07 Å². The van der Waals surface area contributed by atoms with Crippen LogP contribution in [0.4, 0.5) is 23.7 Å². The van der Waals surface area contributed by atoms with Gasteiger partial charge in [-0.1, -0.05) is 41.4 Å². The van der Waals surface area contributed by atoms with E-state index >= 15 is 4.39 Å². The Morgan fingerprint density at radius 3 is 2.49 bits per heavy atom. The van der Waals surface area contributed by atoms with Crippen LogP contribution in [-0.2, 0) is 17.7 Å². The lowest BCUT2D eigenvalue weighted by atomic mass is 9.85. The maximum Gasteiger partial charge on any atom is 0.415 e. The number of benzene rings is 2. The molecule has 0 unspecified atom stereocenters. The van der Waals surface area contributed by atoms with Crippen LogP contribution in [0.2, 0.25) is 10.0 Å². The topological polar surface area (TPSA) is 115 Å². The normalized spacial score (nSPS) is 19.9. The Morgan fingerprint density at radius 2 is 1.86 bits per heavy atom. The Kier molecular flexibility index (Phi) is 9.96. The van der Waals surface area contributed by atoms with E-state index in [4.69, 9.17) is 36.8 Å². The monoisotopic (exact) mass is 768 g/mol. The van der Waals surface area contributed by atoms with Gasteiger partial charge in [0, 0.05) is 22.9 Å². The predicted octanol–water partition coefficient (Wildman–Crippen LogP) is 7.75. The number of aromatic nitrogens is 1. The molecule has 2 atom stereocenters. The standard InChI is InChI=1S/C35H32Cl2F3N3O7S/c1-48-30-12-20(6-7-29(30)49-34(39)40)22(14-24-25(36)16-42(47)17-26(24)37)23-13-21(51-32(23)33(44)45)15-43(28-5-3-2-4-27(28)38)35(46)50-31-18-41-10-8-19(31)9-11-41/h2-7,12-13,16-17,19,22,31,34H,8-11,14-15,18H2,1H3,(H,44,45)/t22-,31-/m0/s1/i1D3. The highest BCUT2D eigenvalue weighted by atomic mass is 35.5. The number of alkyl halides is 2. The van der Waals surface area contributed by atoms with Crippen LogP contribution in [0.1, 0.15) is 54.1 Å². The Bertz CT molecular complexity index is 2010. The molecular weight excluding hydrogens is 734 g/mol. The minimum Gasteiger partial charge on any atom is -0.619 e. The van der Waals surface area contributed by atoms with Gasteiger partial charge in [-0.3, -0.25) is 9.80 Å². The Balaban J connectivity index is 1.44. The number of carboxylic acid groups (broad SMARTS) is 1. The molecular formula is C35H32Cl2F3N3O7S. The molecule has 3 fully saturated rings. The van der Waals surface area contributed by atoms with Gasteiger partial charge in [-0.2, -0.15) is 13.5 Å². The molecule has 2 aromatic carbocycles. The number of hydrogen-bond acceptors (Lipinski definition) is 8. The minimum absolute atomic E-state index is 0.0762. The number of piperidine rings is 3. The van der Waals surface area contributed by atoms with E-state index < -0.39 is 55.1 Å². The molecule has 0 saturated carbocycles. The van der Waals surface area contributed by atoms with Crippen LogP contribution in [-0.4, -0.2) is 61.5 Å². The van der Waals surface area contributed by atoms with Crippen LogP contribution in [0.25, 0.3) is 0 Å². The summed E-state index contributed by atoms with van der Waals surface area (Å²) in [6, 6.07) is 10.6. The number of ether oxygens (including phenoxy) is 3. The van der Waals surface area contributed by atoms with Crippen LogP contribution in [0.5, 0.6) is 11.5 Å². The average Bonchev–Trinajstić information content (AvgIpc) is 3.52. The molecule has 3 aliphatic rings. The summed E-state index contributed by atoms with van der Waals surface area (Å²) in [5.41, 5.74) is 0.401. The van der Waals surface area contributed by atoms with Crippen LogP contribution < -0.4 is 19.1 Å². The summed E-state index contributed by atoms with van der Waals surface area (Å²) >= 11 is 13.7. The first-order valence-electron chi connectivity index (χ1n) is 17.2. The molecule has 1 N–H and O–H groups in total. The fourth-order valence-corrected chi connectivity index (χ4v) is 8.27. The zero-order valence-corrected chi connectivity index (χ0v) is 28.9. The average molecular weight is 770 g/mol. The number of carboxylic acids is 1. The summed E-state index contributed by atoms with van der Waals surface area (Å²) in [4.78, 5) is 30.1. The van der Waals surface area contributed by atoms with Crippen molar-refractivity contribution < 1.29 is 50.9 Å². The van der Waals surface area contributed by atoms with Gasteiger partial charge in [-0.05, 0) is 79.7 Å². The number of hydrogen-bond donors (Lipinski definition) is 1.